The Morgan fingerprint density at radius 1 is 0.444 bits per heavy atom. The third kappa shape index (κ3) is 60.8. The number of allylic oxidation sites excluding steroid dienone is 19. The number of quaternary nitrogens is 1. The highest BCUT2D eigenvalue weighted by molar-refractivity contribution is 7.47. The van der Waals surface area contributed by atoms with Gasteiger partial charge in [0.2, 0.25) is 5.91 Å². The van der Waals surface area contributed by atoms with Crippen molar-refractivity contribution in [2.24, 2.45) is 0 Å². The Morgan fingerprint density at radius 2 is 0.802 bits per heavy atom. The SMILES string of the molecule is CC/C=C\C/C=C\C/C=C\C/C=C\C/C=C\CCCC(=O)OC(/C=C\CCCCCCCCCCC)C(COP(=O)(O)OCC[N+](C)(C)C)NC(=O)CCCCCCCCCCCCC/C=C\C/C=C\C/C=C\C/C=C\CCCCC. The molecule has 3 atom stereocenters. The molecule has 0 heterocycles. The molecule has 0 aliphatic heterocycles. The Bertz CT molecular complexity index is 1800. The molecule has 0 rings (SSSR count). The molecule has 0 saturated heterocycles. The lowest BCUT2D eigenvalue weighted by atomic mass is 10.0. The molecule has 0 aliphatic rings. The maximum atomic E-state index is 13.6. The summed E-state index contributed by atoms with van der Waals surface area (Å²) >= 11 is 0. The number of phosphoric acid groups is 1. The normalized spacial score (nSPS) is 14.4. The molecule has 9 nitrogen and oxygen atoms in total. The van der Waals surface area contributed by atoms with E-state index in [-0.39, 0.29) is 31.5 Å². The van der Waals surface area contributed by atoms with Crippen LogP contribution in [0.15, 0.2) is 122 Å². The molecule has 2 N–H and O–H groups in total. The van der Waals surface area contributed by atoms with Crippen LogP contribution in [0.1, 0.15) is 265 Å². The Hall–Kier alpha value is -3.59. The zero-order valence-electron chi connectivity index (χ0n) is 53.0. The van der Waals surface area contributed by atoms with E-state index in [4.69, 9.17) is 13.8 Å². The summed E-state index contributed by atoms with van der Waals surface area (Å²) in [5.41, 5.74) is 0. The van der Waals surface area contributed by atoms with Crippen LogP contribution in [0.2, 0.25) is 0 Å². The van der Waals surface area contributed by atoms with Gasteiger partial charge < -0.3 is 19.4 Å². The third-order valence-corrected chi connectivity index (χ3v) is 14.9. The van der Waals surface area contributed by atoms with Gasteiger partial charge in [0, 0.05) is 12.8 Å². The molecule has 0 aromatic carbocycles. The van der Waals surface area contributed by atoms with Crippen molar-refractivity contribution in [2.75, 3.05) is 40.9 Å². The number of nitrogens with zero attached hydrogens (tertiary/aromatic N) is 1. The molecule has 0 aliphatic carbocycles. The van der Waals surface area contributed by atoms with Gasteiger partial charge in [-0.1, -0.05) is 258 Å². The molecule has 0 fully saturated rings. The summed E-state index contributed by atoms with van der Waals surface area (Å²) in [4.78, 5) is 37.7. The largest absolute Gasteiger partial charge is 0.472 e. The van der Waals surface area contributed by atoms with E-state index in [1.54, 1.807) is 0 Å². The number of ether oxygens (including phenoxy) is 1. The van der Waals surface area contributed by atoms with E-state index >= 15 is 0 Å². The zero-order valence-corrected chi connectivity index (χ0v) is 53.9. The van der Waals surface area contributed by atoms with Crippen molar-refractivity contribution in [3.8, 4) is 0 Å². The minimum absolute atomic E-state index is 0.0249. The first kappa shape index (κ1) is 77.4. The van der Waals surface area contributed by atoms with Crippen LogP contribution in [0.3, 0.4) is 0 Å². The molecule has 10 heteroatoms. The molecule has 0 radical (unpaired) electrons. The Labute approximate surface area is 499 Å². The number of nitrogens with one attached hydrogen (secondary N) is 1. The summed E-state index contributed by atoms with van der Waals surface area (Å²) in [5, 5.41) is 3.04. The topological polar surface area (TPSA) is 111 Å². The second kappa shape index (κ2) is 59.6. The maximum Gasteiger partial charge on any atom is 0.472 e. The van der Waals surface area contributed by atoms with Gasteiger partial charge >= 0.3 is 13.8 Å². The van der Waals surface area contributed by atoms with Gasteiger partial charge in [0.15, 0.2) is 0 Å². The van der Waals surface area contributed by atoms with Gasteiger partial charge in [-0.3, -0.25) is 18.6 Å². The minimum atomic E-state index is -4.47. The van der Waals surface area contributed by atoms with E-state index < -0.39 is 20.0 Å². The van der Waals surface area contributed by atoms with Gasteiger partial charge in [0.05, 0.1) is 33.8 Å². The average molecular weight is 1150 g/mol. The van der Waals surface area contributed by atoms with E-state index in [0.29, 0.717) is 23.9 Å². The zero-order chi connectivity index (χ0) is 59.3. The smallest absolute Gasteiger partial charge is 0.456 e. The Morgan fingerprint density at radius 3 is 1.23 bits per heavy atom. The van der Waals surface area contributed by atoms with Crippen molar-refractivity contribution in [2.45, 2.75) is 277 Å². The van der Waals surface area contributed by atoms with Crippen molar-refractivity contribution in [3.63, 3.8) is 0 Å². The summed E-state index contributed by atoms with van der Waals surface area (Å²) < 4.78 is 30.7. The quantitative estimate of drug-likeness (QED) is 0.0205. The standard InChI is InChI=1S/C71H123N2O7P/c1-7-10-13-16-19-22-25-27-29-31-32-33-34-35-36-37-38-39-40-42-43-45-48-51-54-57-60-63-70(74)72-68(67-79-81(76,77)78-66-65-73(4,5)6)69(62-59-56-53-50-47-24-21-18-15-12-9-3)80-71(75)64-61-58-55-52-49-46-44-41-30-28-26-23-20-17-14-11-8-2/h11,14,19-20,22-23,27-30,32-33,35-36,44,46,52,55,59,62,68-69H,7-10,12-13,15-18,21,24-26,31,34,37-43,45,47-51,53-54,56-58,60-61,63-67H2,1-6H3,(H-,72,74,76,77)/p+1/b14-11-,22-19-,23-20-,29-27-,30-28-,33-32-,36-35-,46-44-,55-52-,62-59-. The maximum absolute atomic E-state index is 13.6. The molecule has 464 valence electrons. The van der Waals surface area contributed by atoms with E-state index in [1.807, 2.05) is 33.3 Å². The van der Waals surface area contributed by atoms with Crippen LogP contribution >= 0.6 is 7.82 Å². The van der Waals surface area contributed by atoms with Crippen LogP contribution in [0.5, 0.6) is 0 Å². The minimum Gasteiger partial charge on any atom is -0.456 e. The van der Waals surface area contributed by atoms with Crippen molar-refractivity contribution >= 4 is 19.7 Å². The summed E-state index contributed by atoms with van der Waals surface area (Å²) in [5.74, 6) is -0.583. The molecular formula is C71H124N2O7P+. The monoisotopic (exact) mass is 1150 g/mol. The molecule has 1 amide bonds. The molecule has 0 aromatic heterocycles. The highest BCUT2D eigenvalue weighted by Gasteiger charge is 2.30. The summed E-state index contributed by atoms with van der Waals surface area (Å²) in [6, 6.07) is -0.881. The third-order valence-electron chi connectivity index (χ3n) is 13.9. The fourth-order valence-electron chi connectivity index (χ4n) is 8.84. The first-order valence-electron chi connectivity index (χ1n) is 32.9. The van der Waals surface area contributed by atoms with Crippen LogP contribution in [0, 0.1) is 0 Å². The molecular weight excluding hydrogens is 1020 g/mol. The highest BCUT2D eigenvalue weighted by atomic mass is 31.2. The van der Waals surface area contributed by atoms with Gasteiger partial charge in [-0.2, -0.15) is 0 Å². The van der Waals surface area contributed by atoms with Crippen molar-refractivity contribution < 1.29 is 37.3 Å². The summed E-state index contributed by atoms with van der Waals surface area (Å²) in [6.07, 6.45) is 83.6. The van der Waals surface area contributed by atoms with Crippen LogP contribution in [0.25, 0.3) is 0 Å². The number of esters is 1. The summed E-state index contributed by atoms with van der Waals surface area (Å²) in [7, 11) is 1.45. The number of amides is 1. The van der Waals surface area contributed by atoms with Gasteiger partial charge in [0.1, 0.15) is 19.3 Å². The predicted octanol–water partition coefficient (Wildman–Crippen LogP) is 20.7. The first-order valence-corrected chi connectivity index (χ1v) is 34.4. The van der Waals surface area contributed by atoms with Gasteiger partial charge in [-0.15, -0.1) is 0 Å². The number of carbonyl (C=O) groups excluding carboxylic acids is 2. The number of carbonyl (C=O) groups is 2. The van der Waals surface area contributed by atoms with Crippen molar-refractivity contribution in [1.29, 1.82) is 0 Å². The first-order chi connectivity index (χ1) is 39.4. The second-order valence-corrected chi connectivity index (χ2v) is 24.4. The Balaban J connectivity index is 5.15. The van der Waals surface area contributed by atoms with Crippen molar-refractivity contribution in [3.05, 3.63) is 122 Å². The molecule has 0 spiro atoms. The fraction of sp³-hybridized carbons (Fsp3) is 0.690. The van der Waals surface area contributed by atoms with Crippen molar-refractivity contribution in [1.82, 2.24) is 5.32 Å². The number of rotatable bonds is 58. The van der Waals surface area contributed by atoms with E-state index in [2.05, 4.69) is 135 Å². The molecule has 0 bridgehead atoms. The van der Waals surface area contributed by atoms with E-state index in [1.165, 1.54) is 122 Å². The molecule has 0 aromatic rings. The van der Waals surface area contributed by atoms with Gasteiger partial charge in [-0.05, 0) is 115 Å². The number of hydrogen-bond donors (Lipinski definition) is 2. The second-order valence-electron chi connectivity index (χ2n) is 22.9. The molecule has 81 heavy (non-hydrogen) atoms. The lowest BCUT2D eigenvalue weighted by Crippen LogP contribution is -2.47. The fourth-order valence-corrected chi connectivity index (χ4v) is 9.58. The van der Waals surface area contributed by atoms with E-state index in [9.17, 15) is 19.0 Å². The van der Waals surface area contributed by atoms with Crippen LogP contribution < -0.4 is 5.32 Å². The predicted molar refractivity (Wildman–Crippen MR) is 350 cm³/mol. The molecule has 3 unspecified atom stereocenters. The van der Waals surface area contributed by atoms with Crippen LogP contribution in [0.4, 0.5) is 0 Å². The average Bonchev–Trinajstić information content (AvgIpc) is 3.43. The highest BCUT2D eigenvalue weighted by Crippen LogP contribution is 2.43. The van der Waals surface area contributed by atoms with Crippen LogP contribution in [-0.4, -0.2) is 74.3 Å². The van der Waals surface area contributed by atoms with E-state index in [0.717, 1.165) is 103 Å². The lowest BCUT2D eigenvalue weighted by Gasteiger charge is -2.27. The number of likely N-dealkylation sites (N-methyl/N-ethyl adjacent to an activating group) is 1. The molecule has 0 saturated carbocycles. The number of unbranched alkanes of at least 4 members (excludes halogenated alkanes) is 24. The van der Waals surface area contributed by atoms with Crippen LogP contribution in [-0.2, 0) is 27.9 Å². The number of phosphoric ester groups is 1. The summed E-state index contributed by atoms with van der Waals surface area (Å²) in [6.45, 7) is 6.82. The lowest BCUT2D eigenvalue weighted by molar-refractivity contribution is -0.870. The Kier molecular flexibility index (Phi) is 56.9. The van der Waals surface area contributed by atoms with Gasteiger partial charge in [-0.25, -0.2) is 4.57 Å². The van der Waals surface area contributed by atoms with Gasteiger partial charge in [0.25, 0.3) is 0 Å². The number of hydrogen-bond acceptors (Lipinski definition) is 6.